The Morgan fingerprint density at radius 2 is 2.00 bits per heavy atom. The van der Waals surface area contributed by atoms with Gasteiger partial charge in [-0.15, -0.1) is 0 Å². The van der Waals surface area contributed by atoms with Gasteiger partial charge in [-0.3, -0.25) is 9.89 Å². The number of nitrogens with one attached hydrogen (secondary N) is 2. The summed E-state index contributed by atoms with van der Waals surface area (Å²) in [5.41, 5.74) is 0.0257. The molecular formula is C17H34N4O2. The van der Waals surface area contributed by atoms with Crippen LogP contribution in [0.25, 0.3) is 0 Å². The number of methoxy groups -OCH3 is 1. The monoisotopic (exact) mass is 326 g/mol. The standard InChI is InChI=1S/C17H34N4O2/c1-6-18-15(19-7-8-21-9-11-23-12-10-21)20-14-13-17(4,22-5)16(14,2)3/h14H,6-13H2,1-5H3,(H2,18,19,20). The summed E-state index contributed by atoms with van der Waals surface area (Å²) in [7, 11) is 1.81. The van der Waals surface area contributed by atoms with Crippen LogP contribution in [0.5, 0.6) is 0 Å². The fourth-order valence-corrected chi connectivity index (χ4v) is 3.34. The molecule has 1 saturated heterocycles. The van der Waals surface area contributed by atoms with E-state index in [0.29, 0.717) is 6.04 Å². The highest BCUT2D eigenvalue weighted by atomic mass is 16.5. The van der Waals surface area contributed by atoms with Crippen LogP contribution in [0.4, 0.5) is 0 Å². The molecular weight excluding hydrogens is 292 g/mol. The number of hydrogen-bond acceptors (Lipinski definition) is 4. The highest BCUT2D eigenvalue weighted by molar-refractivity contribution is 5.80. The van der Waals surface area contributed by atoms with Crippen molar-refractivity contribution in [2.75, 3.05) is 53.0 Å². The Morgan fingerprint density at radius 3 is 2.57 bits per heavy atom. The van der Waals surface area contributed by atoms with Gasteiger partial charge in [0.1, 0.15) is 0 Å². The molecule has 0 aromatic rings. The summed E-state index contributed by atoms with van der Waals surface area (Å²) in [6.45, 7) is 15.2. The Bertz CT molecular complexity index is 407. The number of ether oxygens (including phenoxy) is 2. The Labute approximate surface area is 141 Å². The van der Waals surface area contributed by atoms with Gasteiger partial charge in [-0.25, -0.2) is 0 Å². The lowest BCUT2D eigenvalue weighted by atomic mass is 9.56. The summed E-state index contributed by atoms with van der Waals surface area (Å²) < 4.78 is 11.1. The fraction of sp³-hybridized carbons (Fsp3) is 0.941. The predicted octanol–water partition coefficient (Wildman–Crippen LogP) is 1.08. The summed E-state index contributed by atoms with van der Waals surface area (Å²) in [4.78, 5) is 7.15. The molecule has 6 nitrogen and oxygen atoms in total. The average Bonchev–Trinajstić information content (AvgIpc) is 2.55. The van der Waals surface area contributed by atoms with Crippen molar-refractivity contribution >= 4 is 5.96 Å². The van der Waals surface area contributed by atoms with Crippen LogP contribution in [0.1, 0.15) is 34.1 Å². The van der Waals surface area contributed by atoms with Crippen LogP contribution < -0.4 is 10.6 Å². The molecule has 0 amide bonds. The van der Waals surface area contributed by atoms with Gasteiger partial charge in [-0.2, -0.15) is 0 Å². The van der Waals surface area contributed by atoms with E-state index in [4.69, 9.17) is 14.5 Å². The van der Waals surface area contributed by atoms with Crippen LogP contribution in [0, 0.1) is 5.41 Å². The molecule has 134 valence electrons. The second-order valence-electron chi connectivity index (χ2n) is 7.27. The first-order valence-corrected chi connectivity index (χ1v) is 8.83. The van der Waals surface area contributed by atoms with E-state index in [1.807, 2.05) is 0 Å². The lowest BCUT2D eigenvalue weighted by Gasteiger charge is -2.59. The Kier molecular flexibility index (Phi) is 6.28. The normalized spacial score (nSPS) is 31.5. The van der Waals surface area contributed by atoms with Gasteiger partial charge < -0.3 is 20.1 Å². The largest absolute Gasteiger partial charge is 0.379 e. The second-order valence-corrected chi connectivity index (χ2v) is 7.27. The highest BCUT2D eigenvalue weighted by Crippen LogP contribution is 2.51. The Balaban J connectivity index is 1.85. The number of hydrogen-bond donors (Lipinski definition) is 2. The van der Waals surface area contributed by atoms with Crippen molar-refractivity contribution in [1.82, 2.24) is 15.5 Å². The van der Waals surface area contributed by atoms with Crippen LogP contribution in [-0.2, 0) is 9.47 Å². The summed E-state index contributed by atoms with van der Waals surface area (Å²) in [6.07, 6.45) is 1.00. The SMILES string of the molecule is CCNC(=NCCN1CCOCC1)NC1CC(C)(OC)C1(C)C. The van der Waals surface area contributed by atoms with Gasteiger partial charge >= 0.3 is 0 Å². The van der Waals surface area contributed by atoms with Crippen molar-refractivity contribution in [2.24, 2.45) is 10.4 Å². The first-order chi connectivity index (χ1) is 10.9. The summed E-state index contributed by atoms with van der Waals surface area (Å²) >= 11 is 0. The minimum atomic E-state index is -0.0597. The van der Waals surface area contributed by atoms with E-state index < -0.39 is 0 Å². The van der Waals surface area contributed by atoms with Crippen molar-refractivity contribution in [2.45, 2.75) is 45.8 Å². The molecule has 2 aliphatic rings. The molecule has 0 radical (unpaired) electrons. The molecule has 0 aromatic heterocycles. The van der Waals surface area contributed by atoms with Gasteiger partial charge in [0.2, 0.25) is 0 Å². The number of aliphatic imine (C=N–C) groups is 1. The maximum atomic E-state index is 5.70. The first kappa shape index (κ1) is 18.5. The molecule has 1 saturated carbocycles. The van der Waals surface area contributed by atoms with Crippen molar-refractivity contribution in [3.05, 3.63) is 0 Å². The zero-order valence-electron chi connectivity index (χ0n) is 15.4. The molecule has 6 heteroatoms. The third-order valence-corrected chi connectivity index (χ3v) is 5.72. The van der Waals surface area contributed by atoms with Gasteiger partial charge in [0.25, 0.3) is 0 Å². The fourth-order valence-electron chi connectivity index (χ4n) is 3.34. The number of nitrogens with zero attached hydrogens (tertiary/aromatic N) is 2. The van der Waals surface area contributed by atoms with Gasteiger partial charge in [0.05, 0.1) is 25.4 Å². The molecule has 23 heavy (non-hydrogen) atoms. The first-order valence-electron chi connectivity index (χ1n) is 8.83. The second kappa shape index (κ2) is 7.81. The summed E-state index contributed by atoms with van der Waals surface area (Å²) in [6, 6.07) is 0.383. The quantitative estimate of drug-likeness (QED) is 0.565. The molecule has 2 rings (SSSR count). The van der Waals surface area contributed by atoms with Crippen LogP contribution in [-0.4, -0.2) is 75.5 Å². The molecule has 2 fully saturated rings. The van der Waals surface area contributed by atoms with E-state index in [1.54, 1.807) is 7.11 Å². The molecule has 2 N–H and O–H groups in total. The maximum Gasteiger partial charge on any atom is 0.191 e. The van der Waals surface area contributed by atoms with Crippen LogP contribution in [0.15, 0.2) is 4.99 Å². The molecule has 2 atom stereocenters. The lowest BCUT2D eigenvalue weighted by Crippen LogP contribution is -2.69. The van der Waals surface area contributed by atoms with E-state index in [9.17, 15) is 0 Å². The number of rotatable bonds is 6. The lowest BCUT2D eigenvalue weighted by molar-refractivity contribution is -0.176. The summed E-state index contributed by atoms with van der Waals surface area (Å²) in [5.74, 6) is 0.914. The minimum Gasteiger partial charge on any atom is -0.379 e. The zero-order chi connectivity index (χ0) is 16.9. The van der Waals surface area contributed by atoms with Gasteiger partial charge in [0.15, 0.2) is 5.96 Å². The van der Waals surface area contributed by atoms with Crippen LogP contribution in [0.3, 0.4) is 0 Å². The van der Waals surface area contributed by atoms with E-state index in [2.05, 4.69) is 43.2 Å². The third kappa shape index (κ3) is 4.17. The van der Waals surface area contributed by atoms with Gasteiger partial charge in [-0.05, 0) is 20.3 Å². The maximum absolute atomic E-state index is 5.70. The molecule has 0 spiro atoms. The van der Waals surface area contributed by atoms with Crippen molar-refractivity contribution in [3.8, 4) is 0 Å². The molecule has 0 bridgehead atoms. The average molecular weight is 326 g/mol. The Morgan fingerprint density at radius 1 is 1.30 bits per heavy atom. The molecule has 0 aromatic carbocycles. The Hall–Kier alpha value is -0.850. The topological polar surface area (TPSA) is 58.1 Å². The molecule has 2 unspecified atom stereocenters. The van der Waals surface area contributed by atoms with E-state index in [0.717, 1.165) is 58.3 Å². The predicted molar refractivity (Wildman–Crippen MR) is 94.0 cm³/mol. The molecule has 1 aliphatic heterocycles. The summed E-state index contributed by atoms with van der Waals surface area (Å²) in [5, 5.41) is 6.95. The van der Waals surface area contributed by atoms with E-state index in [-0.39, 0.29) is 11.0 Å². The van der Waals surface area contributed by atoms with E-state index in [1.165, 1.54) is 0 Å². The minimum absolute atomic E-state index is 0.0597. The van der Waals surface area contributed by atoms with Crippen LogP contribution in [0.2, 0.25) is 0 Å². The van der Waals surface area contributed by atoms with Crippen molar-refractivity contribution in [3.63, 3.8) is 0 Å². The van der Waals surface area contributed by atoms with E-state index >= 15 is 0 Å². The van der Waals surface area contributed by atoms with Crippen molar-refractivity contribution in [1.29, 1.82) is 0 Å². The number of guanidine groups is 1. The van der Waals surface area contributed by atoms with Crippen LogP contribution >= 0.6 is 0 Å². The van der Waals surface area contributed by atoms with Gasteiger partial charge in [0, 0.05) is 44.7 Å². The molecule has 1 heterocycles. The third-order valence-electron chi connectivity index (χ3n) is 5.72. The van der Waals surface area contributed by atoms with Crippen molar-refractivity contribution < 1.29 is 9.47 Å². The smallest absolute Gasteiger partial charge is 0.191 e. The zero-order valence-corrected chi connectivity index (χ0v) is 15.4. The number of morpholine rings is 1. The molecule has 1 aliphatic carbocycles. The highest BCUT2D eigenvalue weighted by Gasteiger charge is 2.58. The van der Waals surface area contributed by atoms with Gasteiger partial charge in [-0.1, -0.05) is 13.8 Å².